The lowest BCUT2D eigenvalue weighted by Crippen LogP contribution is -2.15. The molecule has 1 saturated carbocycles. The molecule has 1 fully saturated rings. The van der Waals surface area contributed by atoms with Gasteiger partial charge in [0.1, 0.15) is 5.52 Å². The van der Waals surface area contributed by atoms with E-state index in [1.807, 2.05) is 0 Å². The lowest BCUT2D eigenvalue weighted by molar-refractivity contribution is -0.137. The molecule has 6 heteroatoms. The third kappa shape index (κ3) is 2.33. The highest BCUT2D eigenvalue weighted by Gasteiger charge is 2.31. The second-order valence-electron chi connectivity index (χ2n) is 4.44. The summed E-state index contributed by atoms with van der Waals surface area (Å²) in [7, 11) is 0. The number of alkyl halides is 3. The summed E-state index contributed by atoms with van der Waals surface area (Å²) in [6.07, 6.45) is -2.07. The minimum atomic E-state index is -4.35. The van der Waals surface area contributed by atoms with Crippen molar-refractivity contribution in [2.24, 2.45) is 0 Å². The van der Waals surface area contributed by atoms with Gasteiger partial charge in [0.15, 0.2) is 5.58 Å². The van der Waals surface area contributed by atoms with Gasteiger partial charge in [-0.15, -0.1) is 0 Å². The summed E-state index contributed by atoms with van der Waals surface area (Å²) in [5.41, 5.74) is -0.0713. The Morgan fingerprint density at radius 3 is 2.78 bits per heavy atom. The summed E-state index contributed by atoms with van der Waals surface area (Å²) < 4.78 is 42.9. The van der Waals surface area contributed by atoms with Gasteiger partial charge in [-0.25, -0.2) is 4.98 Å². The van der Waals surface area contributed by atoms with Crippen LogP contribution in [0.5, 0.6) is 0 Å². The van der Waals surface area contributed by atoms with E-state index in [9.17, 15) is 13.2 Å². The van der Waals surface area contributed by atoms with Gasteiger partial charge >= 0.3 is 6.18 Å². The largest absolute Gasteiger partial charge is 0.439 e. The predicted octanol–water partition coefficient (Wildman–Crippen LogP) is 3.10. The molecular formula is C12H11F3N2O. The monoisotopic (exact) mass is 256 g/mol. The molecule has 18 heavy (non-hydrogen) atoms. The fraction of sp³-hybridized carbons (Fsp3) is 0.417. The van der Waals surface area contributed by atoms with E-state index in [-0.39, 0.29) is 5.52 Å². The van der Waals surface area contributed by atoms with Crippen LogP contribution in [-0.2, 0) is 12.7 Å². The molecule has 1 N–H and O–H groups in total. The first-order chi connectivity index (χ1) is 8.52. The van der Waals surface area contributed by atoms with Crippen LogP contribution in [0.2, 0.25) is 0 Å². The molecule has 0 spiro atoms. The Balaban J connectivity index is 1.86. The van der Waals surface area contributed by atoms with Crippen LogP contribution in [0.1, 0.15) is 24.3 Å². The summed E-state index contributed by atoms with van der Waals surface area (Å²) in [6.45, 7) is 0.459. The SMILES string of the molecule is FC(F)(F)c1ccc2oc(CNC3CC3)nc2c1. The molecule has 1 heterocycles. The first-order valence-corrected chi connectivity index (χ1v) is 5.72. The van der Waals surface area contributed by atoms with Gasteiger partial charge in [-0.1, -0.05) is 0 Å². The maximum Gasteiger partial charge on any atom is 0.416 e. The normalized spacial score (nSPS) is 16.4. The first kappa shape index (κ1) is 11.5. The Labute approximate surface area is 101 Å². The van der Waals surface area contributed by atoms with Crippen LogP contribution in [0.15, 0.2) is 22.6 Å². The second kappa shape index (κ2) is 3.98. The number of benzene rings is 1. The summed E-state index contributed by atoms with van der Waals surface area (Å²) in [4.78, 5) is 4.06. The Morgan fingerprint density at radius 1 is 1.33 bits per heavy atom. The molecule has 0 unspecified atom stereocenters. The molecule has 0 radical (unpaired) electrons. The molecule has 0 bridgehead atoms. The lowest BCUT2D eigenvalue weighted by Gasteiger charge is -2.04. The van der Waals surface area contributed by atoms with Gasteiger partial charge in [0.2, 0.25) is 5.89 Å². The minimum Gasteiger partial charge on any atom is -0.439 e. The molecule has 1 aliphatic carbocycles. The van der Waals surface area contributed by atoms with Gasteiger partial charge in [-0.3, -0.25) is 0 Å². The molecule has 1 aliphatic rings. The van der Waals surface area contributed by atoms with Gasteiger partial charge in [-0.2, -0.15) is 13.2 Å². The van der Waals surface area contributed by atoms with Crippen LogP contribution in [0, 0.1) is 0 Å². The fourth-order valence-corrected chi connectivity index (χ4v) is 1.75. The third-order valence-electron chi connectivity index (χ3n) is 2.88. The van der Waals surface area contributed by atoms with Crippen LogP contribution in [0.4, 0.5) is 13.2 Å². The Kier molecular flexibility index (Phi) is 2.55. The molecule has 0 amide bonds. The molecule has 96 valence electrons. The molecule has 3 nitrogen and oxygen atoms in total. The van der Waals surface area contributed by atoms with Crippen molar-refractivity contribution in [3.63, 3.8) is 0 Å². The van der Waals surface area contributed by atoms with Crippen LogP contribution in [0.3, 0.4) is 0 Å². The Morgan fingerprint density at radius 2 is 2.11 bits per heavy atom. The van der Waals surface area contributed by atoms with Crippen molar-refractivity contribution in [3.05, 3.63) is 29.7 Å². The number of aromatic nitrogens is 1. The lowest BCUT2D eigenvalue weighted by atomic mass is 10.2. The smallest absolute Gasteiger partial charge is 0.416 e. The van der Waals surface area contributed by atoms with Crippen molar-refractivity contribution in [1.29, 1.82) is 0 Å². The van der Waals surface area contributed by atoms with Gasteiger partial charge in [-0.05, 0) is 31.0 Å². The molecular weight excluding hydrogens is 245 g/mol. The van der Waals surface area contributed by atoms with Crippen molar-refractivity contribution >= 4 is 11.1 Å². The Bertz CT molecular complexity index is 572. The van der Waals surface area contributed by atoms with Crippen LogP contribution < -0.4 is 5.32 Å². The zero-order valence-electron chi connectivity index (χ0n) is 9.42. The number of nitrogens with one attached hydrogen (secondary N) is 1. The summed E-state index contributed by atoms with van der Waals surface area (Å²) in [6, 6.07) is 3.84. The highest BCUT2D eigenvalue weighted by atomic mass is 19.4. The quantitative estimate of drug-likeness (QED) is 0.917. The number of hydrogen-bond acceptors (Lipinski definition) is 3. The van der Waals surface area contributed by atoms with E-state index in [0.717, 1.165) is 25.0 Å². The van der Waals surface area contributed by atoms with E-state index in [0.29, 0.717) is 24.1 Å². The zero-order valence-corrected chi connectivity index (χ0v) is 9.42. The van der Waals surface area contributed by atoms with Crippen LogP contribution in [0.25, 0.3) is 11.1 Å². The standard InChI is InChI=1S/C12H11F3N2O/c13-12(14,15)7-1-4-10-9(5-7)17-11(18-10)6-16-8-2-3-8/h1,4-5,8,16H,2-3,6H2. The van der Waals surface area contributed by atoms with Crippen molar-refractivity contribution in [2.45, 2.75) is 31.6 Å². The maximum atomic E-state index is 12.5. The predicted molar refractivity (Wildman–Crippen MR) is 58.9 cm³/mol. The van der Waals surface area contributed by atoms with Gasteiger partial charge in [0.25, 0.3) is 0 Å². The number of nitrogens with zero attached hydrogens (tertiary/aromatic N) is 1. The molecule has 2 aromatic rings. The second-order valence-corrected chi connectivity index (χ2v) is 4.44. The average Bonchev–Trinajstić information content (AvgIpc) is 3.03. The van der Waals surface area contributed by atoms with E-state index >= 15 is 0 Å². The molecule has 0 aliphatic heterocycles. The molecule has 1 aromatic carbocycles. The number of fused-ring (bicyclic) bond motifs is 1. The zero-order chi connectivity index (χ0) is 12.8. The maximum absolute atomic E-state index is 12.5. The highest BCUT2D eigenvalue weighted by molar-refractivity contribution is 5.73. The molecule has 3 rings (SSSR count). The number of halogens is 3. The van der Waals surface area contributed by atoms with Crippen molar-refractivity contribution < 1.29 is 17.6 Å². The summed E-state index contributed by atoms with van der Waals surface area (Å²) in [5.74, 6) is 0.427. The minimum absolute atomic E-state index is 0.248. The molecule has 1 aromatic heterocycles. The number of rotatable bonds is 3. The topological polar surface area (TPSA) is 38.1 Å². The molecule has 0 atom stereocenters. The van der Waals surface area contributed by atoms with E-state index in [1.54, 1.807) is 0 Å². The van der Waals surface area contributed by atoms with Gasteiger partial charge < -0.3 is 9.73 Å². The van der Waals surface area contributed by atoms with Crippen LogP contribution >= 0.6 is 0 Å². The third-order valence-corrected chi connectivity index (χ3v) is 2.88. The summed E-state index contributed by atoms with van der Waals surface area (Å²) >= 11 is 0. The van der Waals surface area contributed by atoms with E-state index in [2.05, 4.69) is 10.3 Å². The first-order valence-electron chi connectivity index (χ1n) is 5.72. The van der Waals surface area contributed by atoms with Crippen molar-refractivity contribution in [3.8, 4) is 0 Å². The number of oxazole rings is 1. The van der Waals surface area contributed by atoms with E-state index in [1.165, 1.54) is 6.07 Å². The Hall–Kier alpha value is -1.56. The average molecular weight is 256 g/mol. The van der Waals surface area contributed by atoms with Gasteiger partial charge in [0.05, 0.1) is 12.1 Å². The van der Waals surface area contributed by atoms with E-state index < -0.39 is 11.7 Å². The van der Waals surface area contributed by atoms with Crippen LogP contribution in [-0.4, -0.2) is 11.0 Å². The highest BCUT2D eigenvalue weighted by Crippen LogP contribution is 2.31. The summed E-state index contributed by atoms with van der Waals surface area (Å²) in [5, 5.41) is 3.20. The van der Waals surface area contributed by atoms with Gasteiger partial charge in [0, 0.05) is 6.04 Å². The van der Waals surface area contributed by atoms with Crippen molar-refractivity contribution in [1.82, 2.24) is 10.3 Å². The van der Waals surface area contributed by atoms with E-state index in [4.69, 9.17) is 4.42 Å². The fourth-order valence-electron chi connectivity index (χ4n) is 1.75. The molecule has 0 saturated heterocycles. The number of hydrogen-bond donors (Lipinski definition) is 1. The van der Waals surface area contributed by atoms with Crippen molar-refractivity contribution in [2.75, 3.05) is 0 Å².